The Kier molecular flexibility index (Phi) is 4.99. The van der Waals surface area contributed by atoms with E-state index in [1.54, 1.807) is 12.1 Å². The van der Waals surface area contributed by atoms with Crippen LogP contribution in [-0.2, 0) is 25.9 Å². The summed E-state index contributed by atoms with van der Waals surface area (Å²) in [6, 6.07) is 11.3. The SMILES string of the molecule is COCOC(=O)c1ccc(Cl)c(S(=O)(=O)N2CCc3ccccc32)c1. The first-order valence-corrected chi connectivity index (χ1v) is 9.33. The van der Waals surface area contributed by atoms with E-state index < -0.39 is 16.0 Å². The predicted octanol–water partition coefficient (Wildman–Crippen LogP) is 2.85. The summed E-state index contributed by atoms with van der Waals surface area (Å²) in [6.07, 6.45) is 0.628. The minimum atomic E-state index is -3.90. The topological polar surface area (TPSA) is 72.9 Å². The van der Waals surface area contributed by atoms with E-state index in [1.165, 1.54) is 29.6 Å². The van der Waals surface area contributed by atoms with E-state index in [0.29, 0.717) is 18.7 Å². The van der Waals surface area contributed by atoms with Crippen LogP contribution in [0.25, 0.3) is 0 Å². The Bertz CT molecular complexity index is 913. The molecular weight excluding hydrogens is 366 g/mol. The molecule has 0 bridgehead atoms. The molecule has 0 N–H and O–H groups in total. The zero-order valence-corrected chi connectivity index (χ0v) is 15.0. The van der Waals surface area contributed by atoms with Crippen molar-refractivity contribution in [2.45, 2.75) is 11.3 Å². The van der Waals surface area contributed by atoms with Gasteiger partial charge in [0.25, 0.3) is 10.0 Å². The molecule has 6 nitrogen and oxygen atoms in total. The van der Waals surface area contributed by atoms with Crippen LogP contribution in [0.1, 0.15) is 15.9 Å². The van der Waals surface area contributed by atoms with Gasteiger partial charge in [0.05, 0.1) is 16.3 Å². The molecule has 1 heterocycles. The highest BCUT2D eigenvalue weighted by Gasteiger charge is 2.32. The quantitative estimate of drug-likeness (QED) is 0.588. The number of nitrogens with zero attached hydrogens (tertiary/aromatic N) is 1. The number of carbonyl (C=O) groups is 1. The van der Waals surface area contributed by atoms with Crippen molar-refractivity contribution in [3.8, 4) is 0 Å². The lowest BCUT2D eigenvalue weighted by Crippen LogP contribution is -2.29. The molecule has 25 heavy (non-hydrogen) atoms. The second-order valence-corrected chi connectivity index (χ2v) is 7.68. The third-order valence-corrected chi connectivity index (χ3v) is 6.18. The Morgan fingerprint density at radius 3 is 2.76 bits per heavy atom. The molecule has 0 radical (unpaired) electrons. The van der Waals surface area contributed by atoms with Gasteiger partial charge in [-0.05, 0) is 36.2 Å². The fourth-order valence-electron chi connectivity index (χ4n) is 2.70. The molecular formula is C17H16ClNO5S. The molecule has 2 aromatic carbocycles. The van der Waals surface area contributed by atoms with Crippen LogP contribution in [0, 0.1) is 0 Å². The average Bonchev–Trinajstić information content (AvgIpc) is 3.04. The summed E-state index contributed by atoms with van der Waals surface area (Å²) < 4.78 is 37.0. The first kappa shape index (κ1) is 17.7. The highest BCUT2D eigenvalue weighted by Crippen LogP contribution is 2.35. The van der Waals surface area contributed by atoms with Gasteiger partial charge >= 0.3 is 5.97 Å². The molecule has 1 aliphatic rings. The number of fused-ring (bicyclic) bond motifs is 1. The van der Waals surface area contributed by atoms with E-state index in [1.807, 2.05) is 12.1 Å². The van der Waals surface area contributed by atoms with Gasteiger partial charge in [-0.25, -0.2) is 13.2 Å². The summed E-state index contributed by atoms with van der Waals surface area (Å²) in [5.74, 6) is -0.684. The first-order valence-electron chi connectivity index (χ1n) is 7.51. The Balaban J connectivity index is 1.99. The number of esters is 1. The number of hydrogen-bond donors (Lipinski definition) is 0. The summed E-state index contributed by atoms with van der Waals surface area (Å²) in [5, 5.41) is 0.0488. The molecule has 0 spiro atoms. The van der Waals surface area contributed by atoms with Crippen LogP contribution in [0.4, 0.5) is 5.69 Å². The maximum atomic E-state index is 13.1. The number of halogens is 1. The lowest BCUT2D eigenvalue weighted by atomic mass is 10.2. The Morgan fingerprint density at radius 1 is 1.24 bits per heavy atom. The van der Waals surface area contributed by atoms with E-state index in [2.05, 4.69) is 4.74 Å². The average molecular weight is 382 g/mol. The summed E-state index contributed by atoms with van der Waals surface area (Å²) >= 11 is 6.11. The van der Waals surface area contributed by atoms with Gasteiger partial charge < -0.3 is 9.47 Å². The summed E-state index contributed by atoms with van der Waals surface area (Å²) in [7, 11) is -2.51. The van der Waals surface area contributed by atoms with Crippen molar-refractivity contribution in [1.82, 2.24) is 0 Å². The van der Waals surface area contributed by atoms with Crippen molar-refractivity contribution in [1.29, 1.82) is 0 Å². The maximum absolute atomic E-state index is 13.1. The van der Waals surface area contributed by atoms with Crippen molar-refractivity contribution >= 4 is 33.3 Å². The largest absolute Gasteiger partial charge is 0.435 e. The van der Waals surface area contributed by atoms with Crippen molar-refractivity contribution in [3.05, 3.63) is 58.6 Å². The fraction of sp³-hybridized carbons (Fsp3) is 0.235. The van der Waals surface area contributed by atoms with E-state index in [0.717, 1.165) is 5.56 Å². The molecule has 0 fully saturated rings. The molecule has 3 rings (SSSR count). The monoisotopic (exact) mass is 381 g/mol. The summed E-state index contributed by atoms with van der Waals surface area (Å²) in [5.41, 5.74) is 1.68. The molecule has 8 heteroatoms. The van der Waals surface area contributed by atoms with E-state index in [4.69, 9.17) is 16.3 Å². The molecule has 0 amide bonds. The second kappa shape index (κ2) is 7.03. The van der Waals surface area contributed by atoms with Crippen LogP contribution >= 0.6 is 11.6 Å². The molecule has 0 saturated heterocycles. The highest BCUT2D eigenvalue weighted by molar-refractivity contribution is 7.93. The third-order valence-electron chi connectivity index (χ3n) is 3.89. The minimum absolute atomic E-state index is 0.0488. The Morgan fingerprint density at radius 2 is 2.00 bits per heavy atom. The number of anilines is 1. The van der Waals surface area contributed by atoms with E-state index >= 15 is 0 Å². The number of benzene rings is 2. The molecule has 132 valence electrons. The Hall–Kier alpha value is -2.09. The third kappa shape index (κ3) is 3.35. The molecule has 2 aromatic rings. The summed E-state index contributed by atoms with van der Waals surface area (Å²) in [4.78, 5) is 11.8. The van der Waals surface area contributed by atoms with Crippen molar-refractivity contribution in [2.75, 3.05) is 24.8 Å². The number of rotatable bonds is 5. The first-order chi connectivity index (χ1) is 11.9. The van der Waals surface area contributed by atoms with Gasteiger partial charge in [-0.2, -0.15) is 0 Å². The lowest BCUT2D eigenvalue weighted by molar-refractivity contribution is -0.0125. The van der Waals surface area contributed by atoms with E-state index in [9.17, 15) is 13.2 Å². The van der Waals surface area contributed by atoms with Crippen molar-refractivity contribution in [2.24, 2.45) is 0 Å². The van der Waals surface area contributed by atoms with Gasteiger partial charge in [-0.1, -0.05) is 29.8 Å². The van der Waals surface area contributed by atoms with Gasteiger partial charge in [0.2, 0.25) is 0 Å². The number of sulfonamides is 1. The smallest absolute Gasteiger partial charge is 0.340 e. The normalized spacial score (nSPS) is 13.6. The number of methoxy groups -OCH3 is 1. The fourth-order valence-corrected chi connectivity index (χ4v) is 4.71. The van der Waals surface area contributed by atoms with Crippen LogP contribution in [0.5, 0.6) is 0 Å². The van der Waals surface area contributed by atoms with Gasteiger partial charge in [-0.15, -0.1) is 0 Å². The summed E-state index contributed by atoms with van der Waals surface area (Å²) in [6.45, 7) is 0.111. The number of hydrogen-bond acceptors (Lipinski definition) is 5. The second-order valence-electron chi connectivity index (χ2n) is 5.44. The van der Waals surface area contributed by atoms with Crippen LogP contribution in [0.15, 0.2) is 47.4 Å². The van der Waals surface area contributed by atoms with Crippen LogP contribution in [0.3, 0.4) is 0 Å². The standard InChI is InChI=1S/C17H16ClNO5S/c1-23-11-24-17(20)13-6-7-14(18)16(10-13)25(21,22)19-9-8-12-4-2-3-5-15(12)19/h2-7,10H,8-9,11H2,1H3. The van der Waals surface area contributed by atoms with Gasteiger partial charge in [-0.3, -0.25) is 4.31 Å². The van der Waals surface area contributed by atoms with Gasteiger partial charge in [0.1, 0.15) is 4.90 Å². The molecule has 0 unspecified atom stereocenters. The molecule has 0 aliphatic carbocycles. The molecule has 1 aliphatic heterocycles. The van der Waals surface area contributed by atoms with Crippen LogP contribution < -0.4 is 4.31 Å². The van der Waals surface area contributed by atoms with Crippen LogP contribution in [-0.4, -0.2) is 34.8 Å². The highest BCUT2D eigenvalue weighted by atomic mass is 35.5. The number of carbonyl (C=O) groups excluding carboxylic acids is 1. The number of ether oxygens (including phenoxy) is 2. The van der Waals surface area contributed by atoms with E-state index in [-0.39, 0.29) is 22.3 Å². The molecule has 0 atom stereocenters. The maximum Gasteiger partial charge on any atom is 0.340 e. The zero-order valence-electron chi connectivity index (χ0n) is 13.4. The Labute approximate surface area is 151 Å². The van der Waals surface area contributed by atoms with Crippen LogP contribution in [0.2, 0.25) is 5.02 Å². The predicted molar refractivity (Wildman–Crippen MR) is 93.4 cm³/mol. The lowest BCUT2D eigenvalue weighted by Gasteiger charge is -2.20. The van der Waals surface area contributed by atoms with Gasteiger partial charge in [0, 0.05) is 13.7 Å². The minimum Gasteiger partial charge on any atom is -0.435 e. The van der Waals surface area contributed by atoms with Crippen molar-refractivity contribution < 1.29 is 22.7 Å². The molecule has 0 saturated carbocycles. The number of para-hydroxylation sites is 1. The van der Waals surface area contributed by atoms with Crippen molar-refractivity contribution in [3.63, 3.8) is 0 Å². The van der Waals surface area contributed by atoms with Gasteiger partial charge in [0.15, 0.2) is 6.79 Å². The zero-order chi connectivity index (χ0) is 18.0. The molecule has 0 aromatic heterocycles.